The van der Waals surface area contributed by atoms with Crippen molar-refractivity contribution in [1.82, 2.24) is 15.6 Å². The van der Waals surface area contributed by atoms with Crippen molar-refractivity contribution >= 4 is 5.91 Å². The van der Waals surface area contributed by atoms with Crippen molar-refractivity contribution in [2.45, 2.75) is 6.92 Å². The molecule has 0 aliphatic carbocycles. The Labute approximate surface area is 89.1 Å². The molecule has 1 amide bonds. The molecule has 2 rings (SSSR count). The van der Waals surface area contributed by atoms with E-state index in [1.165, 1.54) is 0 Å². The Kier molecular flexibility index (Phi) is 2.97. The van der Waals surface area contributed by atoms with Crippen LogP contribution in [0.25, 0.3) is 0 Å². The number of nitrogens with one attached hydrogen (secondary N) is 2. The zero-order chi connectivity index (χ0) is 10.7. The molecule has 0 saturated carbocycles. The molecule has 1 aliphatic heterocycles. The lowest BCUT2D eigenvalue weighted by Gasteiger charge is -2.27. The molecule has 0 radical (unpaired) electrons. The van der Waals surface area contributed by atoms with Gasteiger partial charge in [-0.15, -0.1) is 0 Å². The summed E-state index contributed by atoms with van der Waals surface area (Å²) in [6, 6.07) is 1.85. The van der Waals surface area contributed by atoms with E-state index in [0.717, 1.165) is 25.2 Å². The van der Waals surface area contributed by atoms with Crippen molar-refractivity contribution in [1.29, 1.82) is 0 Å². The molecule has 1 fully saturated rings. The third kappa shape index (κ3) is 2.33. The minimum absolute atomic E-state index is 0.0208. The summed E-state index contributed by atoms with van der Waals surface area (Å²) in [5.41, 5.74) is 1.64. The number of aryl methyl sites for hydroxylation is 1. The molecule has 2 N–H and O–H groups in total. The number of hydrogen-bond donors (Lipinski definition) is 2. The normalized spacial score (nSPS) is 15.8. The molecule has 4 nitrogen and oxygen atoms in total. The van der Waals surface area contributed by atoms with Crippen LogP contribution in [-0.2, 0) is 0 Å². The Bertz CT molecular complexity index is 361. The van der Waals surface area contributed by atoms with Crippen LogP contribution in [0.5, 0.6) is 0 Å². The molecule has 1 saturated heterocycles. The second-order valence-electron chi connectivity index (χ2n) is 3.92. The molecule has 0 atom stereocenters. The van der Waals surface area contributed by atoms with Crippen LogP contribution in [-0.4, -0.2) is 30.5 Å². The Hall–Kier alpha value is -1.42. The lowest BCUT2D eigenvalue weighted by atomic mass is 10.0. The van der Waals surface area contributed by atoms with Gasteiger partial charge in [0.25, 0.3) is 5.91 Å². The average Bonchev–Trinajstić information content (AvgIpc) is 2.16. The predicted octanol–water partition coefficient (Wildman–Crippen LogP) is 0.339. The minimum atomic E-state index is -0.0208. The van der Waals surface area contributed by atoms with Gasteiger partial charge in [-0.1, -0.05) is 0 Å². The molecular weight excluding hydrogens is 190 g/mol. The maximum Gasteiger partial charge on any atom is 0.253 e. The first-order valence-electron chi connectivity index (χ1n) is 5.17. The molecule has 80 valence electrons. The zero-order valence-electron chi connectivity index (χ0n) is 8.79. The molecule has 4 heteroatoms. The first-order valence-corrected chi connectivity index (χ1v) is 5.17. The second kappa shape index (κ2) is 4.40. The summed E-state index contributed by atoms with van der Waals surface area (Å²) >= 11 is 0. The maximum atomic E-state index is 11.7. The standard InChI is InChI=1S/C11H15N3O/c1-8-2-3-12-7-10(8)11(15)14-6-9-4-13-5-9/h2-3,7,9,13H,4-6H2,1H3,(H,14,15). The molecule has 0 aromatic carbocycles. The topological polar surface area (TPSA) is 54.0 Å². The molecule has 2 heterocycles. The highest BCUT2D eigenvalue weighted by Crippen LogP contribution is 2.05. The lowest BCUT2D eigenvalue weighted by molar-refractivity contribution is 0.0941. The Morgan fingerprint density at radius 1 is 1.67 bits per heavy atom. The molecular formula is C11H15N3O. The number of hydrogen-bond acceptors (Lipinski definition) is 3. The molecule has 1 aromatic heterocycles. The minimum Gasteiger partial charge on any atom is -0.352 e. The van der Waals surface area contributed by atoms with Crippen LogP contribution in [0.1, 0.15) is 15.9 Å². The van der Waals surface area contributed by atoms with Gasteiger partial charge in [0.15, 0.2) is 0 Å². The van der Waals surface area contributed by atoms with Crippen LogP contribution in [0.2, 0.25) is 0 Å². The number of pyridine rings is 1. The number of rotatable bonds is 3. The van der Waals surface area contributed by atoms with Crippen molar-refractivity contribution in [3.63, 3.8) is 0 Å². The van der Waals surface area contributed by atoms with Crippen molar-refractivity contribution in [2.24, 2.45) is 5.92 Å². The van der Waals surface area contributed by atoms with Gasteiger partial charge in [0.1, 0.15) is 0 Å². The van der Waals surface area contributed by atoms with E-state index in [9.17, 15) is 4.79 Å². The smallest absolute Gasteiger partial charge is 0.253 e. The quantitative estimate of drug-likeness (QED) is 0.748. The third-order valence-electron chi connectivity index (χ3n) is 2.70. The van der Waals surface area contributed by atoms with Crippen LogP contribution in [0.15, 0.2) is 18.5 Å². The van der Waals surface area contributed by atoms with E-state index in [1.807, 2.05) is 13.0 Å². The summed E-state index contributed by atoms with van der Waals surface area (Å²) in [6.07, 6.45) is 3.31. The van der Waals surface area contributed by atoms with Crippen LogP contribution < -0.4 is 10.6 Å². The fraction of sp³-hybridized carbons (Fsp3) is 0.455. The summed E-state index contributed by atoms with van der Waals surface area (Å²) < 4.78 is 0. The summed E-state index contributed by atoms with van der Waals surface area (Å²) in [6.45, 7) is 4.68. The lowest BCUT2D eigenvalue weighted by Crippen LogP contribution is -2.48. The van der Waals surface area contributed by atoms with Gasteiger partial charge in [-0.05, 0) is 18.6 Å². The monoisotopic (exact) mass is 205 g/mol. The Balaban J connectivity index is 1.92. The fourth-order valence-corrected chi connectivity index (χ4v) is 1.53. The number of carbonyl (C=O) groups excluding carboxylic acids is 1. The Morgan fingerprint density at radius 2 is 2.47 bits per heavy atom. The van der Waals surface area contributed by atoms with Crippen molar-refractivity contribution in [3.05, 3.63) is 29.6 Å². The molecule has 0 spiro atoms. The number of aromatic nitrogens is 1. The predicted molar refractivity (Wildman–Crippen MR) is 57.7 cm³/mol. The van der Waals surface area contributed by atoms with E-state index < -0.39 is 0 Å². The maximum absolute atomic E-state index is 11.7. The first-order chi connectivity index (χ1) is 7.27. The first kappa shape index (κ1) is 10.1. The highest BCUT2D eigenvalue weighted by Gasteiger charge is 2.18. The largest absolute Gasteiger partial charge is 0.352 e. The molecule has 1 aliphatic rings. The van der Waals surface area contributed by atoms with E-state index in [-0.39, 0.29) is 5.91 Å². The van der Waals surface area contributed by atoms with E-state index in [2.05, 4.69) is 15.6 Å². The highest BCUT2D eigenvalue weighted by atomic mass is 16.1. The van der Waals surface area contributed by atoms with Gasteiger partial charge in [-0.25, -0.2) is 0 Å². The molecule has 15 heavy (non-hydrogen) atoms. The zero-order valence-corrected chi connectivity index (χ0v) is 8.79. The van der Waals surface area contributed by atoms with Gasteiger partial charge in [-0.2, -0.15) is 0 Å². The highest BCUT2D eigenvalue weighted by molar-refractivity contribution is 5.95. The third-order valence-corrected chi connectivity index (χ3v) is 2.70. The van der Waals surface area contributed by atoms with Crippen molar-refractivity contribution in [2.75, 3.05) is 19.6 Å². The molecule has 1 aromatic rings. The van der Waals surface area contributed by atoms with E-state index in [1.54, 1.807) is 12.4 Å². The Morgan fingerprint density at radius 3 is 3.07 bits per heavy atom. The van der Waals surface area contributed by atoms with E-state index in [4.69, 9.17) is 0 Å². The number of carbonyl (C=O) groups is 1. The van der Waals surface area contributed by atoms with E-state index >= 15 is 0 Å². The summed E-state index contributed by atoms with van der Waals surface area (Å²) in [7, 11) is 0. The summed E-state index contributed by atoms with van der Waals surface area (Å²) in [5, 5.41) is 6.10. The van der Waals surface area contributed by atoms with Gasteiger partial charge in [0.2, 0.25) is 0 Å². The fourth-order valence-electron chi connectivity index (χ4n) is 1.53. The van der Waals surface area contributed by atoms with Gasteiger partial charge in [0, 0.05) is 37.9 Å². The van der Waals surface area contributed by atoms with Crippen LogP contribution in [0, 0.1) is 12.8 Å². The number of nitrogens with zero attached hydrogens (tertiary/aromatic N) is 1. The summed E-state index contributed by atoms with van der Waals surface area (Å²) in [5.74, 6) is 0.568. The van der Waals surface area contributed by atoms with Crippen molar-refractivity contribution < 1.29 is 4.79 Å². The SMILES string of the molecule is Cc1ccncc1C(=O)NCC1CNC1. The van der Waals surface area contributed by atoms with Crippen molar-refractivity contribution in [3.8, 4) is 0 Å². The van der Waals surface area contributed by atoms with Gasteiger partial charge < -0.3 is 10.6 Å². The molecule has 0 unspecified atom stereocenters. The van der Waals surface area contributed by atoms with Crippen LogP contribution >= 0.6 is 0 Å². The van der Waals surface area contributed by atoms with Crippen LogP contribution in [0.3, 0.4) is 0 Å². The average molecular weight is 205 g/mol. The number of amides is 1. The summed E-state index contributed by atoms with van der Waals surface area (Å²) in [4.78, 5) is 15.7. The van der Waals surface area contributed by atoms with E-state index in [0.29, 0.717) is 11.5 Å². The second-order valence-corrected chi connectivity index (χ2v) is 3.92. The van der Waals surface area contributed by atoms with Gasteiger partial charge in [-0.3, -0.25) is 9.78 Å². The molecule has 0 bridgehead atoms. The van der Waals surface area contributed by atoms with Crippen LogP contribution in [0.4, 0.5) is 0 Å². The van der Waals surface area contributed by atoms with Gasteiger partial charge in [0.05, 0.1) is 5.56 Å². The van der Waals surface area contributed by atoms with Gasteiger partial charge >= 0.3 is 0 Å².